The zero-order valence-corrected chi connectivity index (χ0v) is 19.2. The Kier molecular flexibility index (Phi) is 7.78. The van der Waals surface area contributed by atoms with Crippen molar-refractivity contribution in [2.45, 2.75) is 45.1 Å². The van der Waals surface area contributed by atoms with Crippen molar-refractivity contribution < 1.29 is 27.8 Å². The fourth-order valence-electron chi connectivity index (χ4n) is 4.54. The molecule has 3 aromatic rings. The van der Waals surface area contributed by atoms with E-state index >= 15 is 0 Å². The fourth-order valence-corrected chi connectivity index (χ4v) is 4.54. The lowest BCUT2D eigenvalue weighted by atomic mass is 9.79. The third-order valence-corrected chi connectivity index (χ3v) is 6.53. The molecule has 0 aliphatic heterocycles. The van der Waals surface area contributed by atoms with Gasteiger partial charge in [0.2, 0.25) is 5.82 Å². The first-order valence-electron chi connectivity index (χ1n) is 11.7. The van der Waals surface area contributed by atoms with Gasteiger partial charge in [0.25, 0.3) is 0 Å². The zero-order chi connectivity index (χ0) is 24.1. The van der Waals surface area contributed by atoms with E-state index < -0.39 is 17.5 Å². The highest BCUT2D eigenvalue weighted by atomic mass is 19.2. The van der Waals surface area contributed by atoms with Crippen LogP contribution in [0.5, 0.6) is 11.5 Å². The zero-order valence-electron chi connectivity index (χ0n) is 19.2. The normalized spacial score (nSPS) is 18.0. The molecule has 0 bridgehead atoms. The van der Waals surface area contributed by atoms with Crippen molar-refractivity contribution in [1.82, 2.24) is 0 Å². The molecular weight excluding hydrogens is 441 g/mol. The van der Waals surface area contributed by atoms with Crippen molar-refractivity contribution in [2.24, 2.45) is 5.92 Å². The highest BCUT2D eigenvalue weighted by molar-refractivity contribution is 5.64. The monoisotopic (exact) mass is 470 g/mol. The fraction of sp³-hybridized carbons (Fsp3) is 0.357. The Hall–Kier alpha value is -2.99. The van der Waals surface area contributed by atoms with Crippen LogP contribution in [0.1, 0.15) is 49.7 Å². The molecule has 6 heteroatoms. The van der Waals surface area contributed by atoms with Crippen LogP contribution in [-0.4, -0.2) is 18.3 Å². The highest BCUT2D eigenvalue weighted by Gasteiger charge is 2.26. The van der Waals surface area contributed by atoms with Gasteiger partial charge in [-0.1, -0.05) is 36.4 Å². The van der Waals surface area contributed by atoms with Gasteiger partial charge in [-0.2, -0.15) is 4.39 Å². The maximum absolute atomic E-state index is 14.8. The Morgan fingerprint density at radius 3 is 2.12 bits per heavy atom. The van der Waals surface area contributed by atoms with E-state index in [2.05, 4.69) is 0 Å². The first kappa shape index (κ1) is 24.1. The van der Waals surface area contributed by atoms with Crippen molar-refractivity contribution in [3.05, 3.63) is 83.2 Å². The molecular formula is C28H29F3O3. The van der Waals surface area contributed by atoms with E-state index in [-0.39, 0.29) is 36.5 Å². The van der Waals surface area contributed by atoms with Gasteiger partial charge in [-0.25, -0.2) is 8.78 Å². The molecule has 0 spiro atoms. The summed E-state index contributed by atoms with van der Waals surface area (Å²) in [5.74, 6) is -1.93. The Labute approximate surface area is 198 Å². The average Bonchev–Trinajstić information content (AvgIpc) is 2.87. The molecule has 1 aliphatic carbocycles. The maximum atomic E-state index is 14.8. The van der Waals surface area contributed by atoms with Crippen LogP contribution in [-0.2, 0) is 6.61 Å². The SMILES string of the molecule is CCOc1ccc(-c2ccc(COc3ccc(C4CCC(CO)CC4)c(F)c3F)cc2)cc1F. The van der Waals surface area contributed by atoms with Gasteiger partial charge >= 0.3 is 0 Å². The molecule has 1 fully saturated rings. The number of halogens is 3. The van der Waals surface area contributed by atoms with Gasteiger partial charge in [0.05, 0.1) is 6.61 Å². The summed E-state index contributed by atoms with van der Waals surface area (Å²) in [6, 6.07) is 15.2. The maximum Gasteiger partial charge on any atom is 0.200 e. The summed E-state index contributed by atoms with van der Waals surface area (Å²) in [5.41, 5.74) is 2.70. The van der Waals surface area contributed by atoms with Crippen LogP contribution in [0.4, 0.5) is 13.2 Å². The molecule has 1 saturated carbocycles. The van der Waals surface area contributed by atoms with Crippen LogP contribution in [0.3, 0.4) is 0 Å². The van der Waals surface area contributed by atoms with Crippen LogP contribution in [0, 0.1) is 23.4 Å². The summed E-state index contributed by atoms with van der Waals surface area (Å²) < 4.78 is 54.4. The summed E-state index contributed by atoms with van der Waals surface area (Å²) in [7, 11) is 0. The number of aliphatic hydroxyl groups is 1. The second kappa shape index (κ2) is 11.0. The summed E-state index contributed by atoms with van der Waals surface area (Å²) in [5, 5.41) is 9.28. The molecule has 1 aliphatic rings. The minimum atomic E-state index is -0.969. The molecule has 0 amide bonds. The Morgan fingerprint density at radius 2 is 1.47 bits per heavy atom. The first-order chi connectivity index (χ1) is 16.5. The highest BCUT2D eigenvalue weighted by Crippen LogP contribution is 2.38. The lowest BCUT2D eigenvalue weighted by molar-refractivity contribution is 0.181. The van der Waals surface area contributed by atoms with Crippen molar-refractivity contribution in [3.8, 4) is 22.6 Å². The largest absolute Gasteiger partial charge is 0.491 e. The van der Waals surface area contributed by atoms with Crippen LogP contribution < -0.4 is 9.47 Å². The molecule has 0 saturated heterocycles. The number of hydrogen-bond acceptors (Lipinski definition) is 3. The van der Waals surface area contributed by atoms with Gasteiger partial charge in [-0.05, 0) is 84.9 Å². The quantitative estimate of drug-likeness (QED) is 0.385. The van der Waals surface area contributed by atoms with E-state index in [0.717, 1.165) is 36.8 Å². The van der Waals surface area contributed by atoms with E-state index in [1.807, 2.05) is 24.3 Å². The van der Waals surface area contributed by atoms with Gasteiger partial charge in [-0.15, -0.1) is 0 Å². The summed E-state index contributed by atoms with van der Waals surface area (Å²) >= 11 is 0. The predicted molar refractivity (Wildman–Crippen MR) is 125 cm³/mol. The molecule has 34 heavy (non-hydrogen) atoms. The number of ether oxygens (including phenoxy) is 2. The molecule has 3 aromatic carbocycles. The van der Waals surface area contributed by atoms with Crippen LogP contribution in [0.15, 0.2) is 54.6 Å². The number of benzene rings is 3. The lowest BCUT2D eigenvalue weighted by Gasteiger charge is -2.28. The lowest BCUT2D eigenvalue weighted by Crippen LogP contribution is -2.17. The van der Waals surface area contributed by atoms with Gasteiger partial charge < -0.3 is 14.6 Å². The topological polar surface area (TPSA) is 38.7 Å². The molecule has 3 nitrogen and oxygen atoms in total. The van der Waals surface area contributed by atoms with E-state index in [4.69, 9.17) is 9.47 Å². The molecule has 0 atom stereocenters. The van der Waals surface area contributed by atoms with E-state index in [1.54, 1.807) is 25.1 Å². The number of rotatable bonds is 8. The van der Waals surface area contributed by atoms with Crippen LogP contribution >= 0.6 is 0 Å². The molecule has 0 aromatic heterocycles. The molecule has 0 unspecified atom stereocenters. The minimum Gasteiger partial charge on any atom is -0.491 e. The van der Waals surface area contributed by atoms with Crippen molar-refractivity contribution in [1.29, 1.82) is 0 Å². The van der Waals surface area contributed by atoms with Gasteiger partial charge in [-0.3, -0.25) is 0 Å². The Balaban J connectivity index is 1.40. The van der Waals surface area contributed by atoms with E-state index in [0.29, 0.717) is 17.7 Å². The van der Waals surface area contributed by atoms with Crippen LogP contribution in [0.25, 0.3) is 11.1 Å². The van der Waals surface area contributed by atoms with Gasteiger partial charge in [0.1, 0.15) is 6.61 Å². The standard InChI is InChI=1S/C28H29F3O3/c1-2-33-25-13-11-22(15-24(25)29)20-7-5-19(6-8-20)17-34-26-14-12-23(27(30)28(26)31)21-9-3-18(16-32)4-10-21/h5-8,11-15,18,21,32H,2-4,9-10,16-17H2,1H3. The van der Waals surface area contributed by atoms with Crippen LogP contribution in [0.2, 0.25) is 0 Å². The third kappa shape index (κ3) is 5.39. The molecule has 0 heterocycles. The Morgan fingerprint density at radius 1 is 0.794 bits per heavy atom. The van der Waals surface area contributed by atoms with Crippen molar-refractivity contribution in [2.75, 3.05) is 13.2 Å². The third-order valence-electron chi connectivity index (χ3n) is 6.53. The summed E-state index contributed by atoms with van der Waals surface area (Å²) in [4.78, 5) is 0. The molecule has 0 radical (unpaired) electrons. The molecule has 180 valence electrons. The Bertz CT molecular complexity index is 1110. The summed E-state index contributed by atoms with van der Waals surface area (Å²) in [6.45, 7) is 2.42. The molecule has 1 N–H and O–H groups in total. The van der Waals surface area contributed by atoms with E-state index in [1.165, 1.54) is 12.1 Å². The second-order valence-electron chi connectivity index (χ2n) is 8.74. The van der Waals surface area contributed by atoms with Gasteiger partial charge in [0.15, 0.2) is 23.1 Å². The number of aliphatic hydroxyl groups excluding tert-OH is 1. The molecule has 4 rings (SSSR count). The smallest absolute Gasteiger partial charge is 0.200 e. The first-order valence-corrected chi connectivity index (χ1v) is 11.7. The van der Waals surface area contributed by atoms with Crippen molar-refractivity contribution >= 4 is 0 Å². The second-order valence-corrected chi connectivity index (χ2v) is 8.74. The van der Waals surface area contributed by atoms with Crippen molar-refractivity contribution in [3.63, 3.8) is 0 Å². The average molecular weight is 471 g/mol. The predicted octanol–water partition coefficient (Wildman–Crippen LogP) is 7.01. The van der Waals surface area contributed by atoms with Gasteiger partial charge in [0, 0.05) is 6.61 Å². The van der Waals surface area contributed by atoms with E-state index in [9.17, 15) is 18.3 Å². The summed E-state index contributed by atoms with van der Waals surface area (Å²) in [6.07, 6.45) is 3.12. The number of hydrogen-bond donors (Lipinski definition) is 1. The minimum absolute atomic E-state index is 0.0358.